The van der Waals surface area contributed by atoms with Crippen LogP contribution in [0, 0.1) is 0 Å². The van der Waals surface area contributed by atoms with Gasteiger partial charge in [-0.1, -0.05) is 6.07 Å². The second-order valence-corrected chi connectivity index (χ2v) is 3.98. The lowest BCUT2D eigenvalue weighted by molar-refractivity contribution is 0.0972. The summed E-state index contributed by atoms with van der Waals surface area (Å²) in [7, 11) is 3.08. The van der Waals surface area contributed by atoms with Crippen molar-refractivity contribution >= 4 is 5.78 Å². The summed E-state index contributed by atoms with van der Waals surface area (Å²) in [4.78, 5) is 12.1. The van der Waals surface area contributed by atoms with Gasteiger partial charge in [0.1, 0.15) is 17.1 Å². The third-order valence-corrected chi connectivity index (χ3v) is 2.53. The molecular weight excluding hydrogens is 218 g/mol. The lowest BCUT2D eigenvalue weighted by Gasteiger charge is -2.12. The van der Waals surface area contributed by atoms with E-state index in [-0.39, 0.29) is 11.8 Å². The van der Waals surface area contributed by atoms with Gasteiger partial charge in [-0.2, -0.15) is 0 Å². The van der Waals surface area contributed by atoms with E-state index in [9.17, 15) is 4.79 Å². The van der Waals surface area contributed by atoms with E-state index in [0.717, 1.165) is 0 Å². The van der Waals surface area contributed by atoms with Gasteiger partial charge in [0.25, 0.3) is 0 Å². The quantitative estimate of drug-likeness (QED) is 0.769. The van der Waals surface area contributed by atoms with Crippen LogP contribution in [0.15, 0.2) is 18.2 Å². The number of rotatable bonds is 6. The Labute approximate surface area is 102 Å². The molecule has 0 bridgehead atoms. The molecule has 0 radical (unpaired) electrons. The molecule has 0 saturated carbocycles. The molecule has 0 aromatic heterocycles. The smallest absolute Gasteiger partial charge is 0.170 e. The number of ether oxygens (including phenoxy) is 2. The lowest BCUT2D eigenvalue weighted by Crippen LogP contribution is -2.16. The summed E-state index contributed by atoms with van der Waals surface area (Å²) in [6, 6.07) is 5.31. The van der Waals surface area contributed by atoms with Gasteiger partial charge in [0.15, 0.2) is 5.78 Å². The molecule has 1 aromatic rings. The number of hydrogen-bond acceptors (Lipinski definition) is 4. The Kier molecular flexibility index (Phi) is 4.97. The predicted molar refractivity (Wildman–Crippen MR) is 66.8 cm³/mol. The highest BCUT2D eigenvalue weighted by molar-refractivity contribution is 6.01. The molecule has 0 amide bonds. The first-order valence-electron chi connectivity index (χ1n) is 5.60. The van der Waals surface area contributed by atoms with E-state index >= 15 is 0 Å². The van der Waals surface area contributed by atoms with E-state index in [1.54, 1.807) is 18.2 Å². The molecule has 0 aliphatic rings. The van der Waals surface area contributed by atoms with Gasteiger partial charge in [0, 0.05) is 12.5 Å². The molecule has 1 unspecified atom stereocenters. The maximum Gasteiger partial charge on any atom is 0.170 e. The van der Waals surface area contributed by atoms with Crippen molar-refractivity contribution in [3.05, 3.63) is 23.8 Å². The molecule has 1 atom stereocenters. The number of carbonyl (C=O) groups is 1. The number of carbonyl (C=O) groups excluding carboxylic acids is 1. The van der Waals surface area contributed by atoms with Crippen molar-refractivity contribution in [2.45, 2.75) is 25.8 Å². The number of nitrogens with two attached hydrogens (primary N) is 1. The lowest BCUT2D eigenvalue weighted by atomic mass is 10.0. The summed E-state index contributed by atoms with van der Waals surface area (Å²) < 4.78 is 10.4. The molecule has 1 rings (SSSR count). The van der Waals surface area contributed by atoms with Crippen LogP contribution in [0.5, 0.6) is 11.5 Å². The normalized spacial score (nSPS) is 12.0. The average Bonchev–Trinajstić information content (AvgIpc) is 2.34. The third-order valence-electron chi connectivity index (χ3n) is 2.53. The van der Waals surface area contributed by atoms with Gasteiger partial charge in [-0.3, -0.25) is 4.79 Å². The van der Waals surface area contributed by atoms with Crippen molar-refractivity contribution in [1.82, 2.24) is 0 Å². The van der Waals surface area contributed by atoms with E-state index in [0.29, 0.717) is 29.9 Å². The van der Waals surface area contributed by atoms with Crippen LogP contribution in [-0.4, -0.2) is 26.0 Å². The Morgan fingerprint density at radius 2 is 1.82 bits per heavy atom. The molecule has 2 N–H and O–H groups in total. The van der Waals surface area contributed by atoms with Gasteiger partial charge >= 0.3 is 0 Å². The molecule has 0 spiro atoms. The van der Waals surface area contributed by atoms with Crippen LogP contribution in [0.25, 0.3) is 0 Å². The van der Waals surface area contributed by atoms with Gasteiger partial charge in [-0.15, -0.1) is 0 Å². The van der Waals surface area contributed by atoms with Crippen LogP contribution in [0.3, 0.4) is 0 Å². The number of hydrogen-bond donors (Lipinski definition) is 1. The summed E-state index contributed by atoms with van der Waals surface area (Å²) in [5, 5.41) is 0. The molecule has 4 nitrogen and oxygen atoms in total. The number of Topliss-reactive ketones (excluding diaryl/α,β-unsaturated/α-hetero) is 1. The van der Waals surface area contributed by atoms with Gasteiger partial charge < -0.3 is 15.2 Å². The molecule has 17 heavy (non-hydrogen) atoms. The van der Waals surface area contributed by atoms with Crippen LogP contribution >= 0.6 is 0 Å². The minimum Gasteiger partial charge on any atom is -0.496 e. The third kappa shape index (κ3) is 3.46. The summed E-state index contributed by atoms with van der Waals surface area (Å²) in [6.45, 7) is 1.88. The summed E-state index contributed by atoms with van der Waals surface area (Å²) in [5.41, 5.74) is 6.14. The SMILES string of the molecule is COc1cccc(OC)c1C(=O)CCC(C)N. The van der Waals surface area contributed by atoms with Crippen LogP contribution in [0.4, 0.5) is 0 Å². The van der Waals surface area contributed by atoms with Crippen LogP contribution in [-0.2, 0) is 0 Å². The van der Waals surface area contributed by atoms with Gasteiger partial charge in [-0.05, 0) is 25.5 Å². The fourth-order valence-electron chi connectivity index (χ4n) is 1.61. The first-order valence-corrected chi connectivity index (χ1v) is 5.60. The second kappa shape index (κ2) is 6.25. The van der Waals surface area contributed by atoms with E-state index in [4.69, 9.17) is 15.2 Å². The standard InChI is InChI=1S/C13H19NO3/c1-9(14)7-8-10(15)13-11(16-2)5-4-6-12(13)17-3/h4-6,9H,7-8,14H2,1-3H3. The molecule has 0 fully saturated rings. The average molecular weight is 237 g/mol. The minimum atomic E-state index is -0.00315. The monoisotopic (exact) mass is 237 g/mol. The van der Waals surface area contributed by atoms with Crippen molar-refractivity contribution in [3.8, 4) is 11.5 Å². The van der Waals surface area contributed by atoms with E-state index < -0.39 is 0 Å². The van der Waals surface area contributed by atoms with Crippen molar-refractivity contribution in [3.63, 3.8) is 0 Å². The van der Waals surface area contributed by atoms with Gasteiger partial charge in [-0.25, -0.2) is 0 Å². The number of methoxy groups -OCH3 is 2. The fraction of sp³-hybridized carbons (Fsp3) is 0.462. The first kappa shape index (κ1) is 13.5. The topological polar surface area (TPSA) is 61.5 Å². The number of benzene rings is 1. The predicted octanol–water partition coefficient (Wildman–Crippen LogP) is 2.01. The van der Waals surface area contributed by atoms with Crippen LogP contribution in [0.2, 0.25) is 0 Å². The van der Waals surface area contributed by atoms with E-state index in [2.05, 4.69) is 0 Å². The first-order chi connectivity index (χ1) is 8.10. The maximum atomic E-state index is 12.1. The summed E-state index contributed by atoms with van der Waals surface area (Å²) in [5.74, 6) is 1.08. The molecule has 0 aliphatic carbocycles. The molecule has 1 aromatic carbocycles. The van der Waals surface area contributed by atoms with Crippen molar-refractivity contribution in [2.24, 2.45) is 5.73 Å². The van der Waals surface area contributed by atoms with Gasteiger partial charge in [0.05, 0.1) is 14.2 Å². The van der Waals surface area contributed by atoms with Crippen molar-refractivity contribution in [2.75, 3.05) is 14.2 Å². The highest BCUT2D eigenvalue weighted by atomic mass is 16.5. The minimum absolute atomic E-state index is 0.00315. The molecule has 94 valence electrons. The zero-order valence-electron chi connectivity index (χ0n) is 10.5. The largest absolute Gasteiger partial charge is 0.496 e. The Morgan fingerprint density at radius 3 is 2.24 bits per heavy atom. The molecule has 4 heteroatoms. The van der Waals surface area contributed by atoms with Crippen molar-refractivity contribution < 1.29 is 14.3 Å². The molecule has 0 saturated heterocycles. The fourth-order valence-corrected chi connectivity index (χ4v) is 1.61. The highest BCUT2D eigenvalue weighted by Crippen LogP contribution is 2.29. The van der Waals surface area contributed by atoms with E-state index in [1.165, 1.54) is 14.2 Å². The molecule has 0 aliphatic heterocycles. The zero-order valence-corrected chi connectivity index (χ0v) is 10.5. The Hall–Kier alpha value is -1.55. The van der Waals surface area contributed by atoms with Gasteiger partial charge in [0.2, 0.25) is 0 Å². The van der Waals surface area contributed by atoms with E-state index in [1.807, 2.05) is 6.92 Å². The Balaban J connectivity index is 2.97. The van der Waals surface area contributed by atoms with Crippen LogP contribution < -0.4 is 15.2 Å². The van der Waals surface area contributed by atoms with Crippen LogP contribution in [0.1, 0.15) is 30.1 Å². The second-order valence-electron chi connectivity index (χ2n) is 3.98. The highest BCUT2D eigenvalue weighted by Gasteiger charge is 2.17. The maximum absolute atomic E-state index is 12.1. The number of ketones is 1. The summed E-state index contributed by atoms with van der Waals surface area (Å²) in [6.07, 6.45) is 1.05. The molecular formula is C13H19NO3. The Morgan fingerprint density at radius 1 is 1.29 bits per heavy atom. The Bertz CT molecular complexity index is 366. The zero-order chi connectivity index (χ0) is 12.8. The summed E-state index contributed by atoms with van der Waals surface area (Å²) >= 11 is 0. The molecule has 0 heterocycles. The van der Waals surface area contributed by atoms with Crippen molar-refractivity contribution in [1.29, 1.82) is 0 Å².